The molecule has 1 saturated carbocycles. The first-order valence-electron chi connectivity index (χ1n) is 11.4. The van der Waals surface area contributed by atoms with Crippen LogP contribution in [0, 0.1) is 0 Å². The molecule has 0 spiro atoms. The van der Waals surface area contributed by atoms with E-state index in [1.165, 1.54) is 9.80 Å². The Hall–Kier alpha value is -2.72. The topological polar surface area (TPSA) is 123 Å². The number of carboxylic acid groups (broad SMARTS) is 1. The fourth-order valence-electron chi connectivity index (χ4n) is 4.88. The highest BCUT2D eigenvalue weighted by atomic mass is 35.5. The minimum Gasteiger partial charge on any atom is -0.465 e. The van der Waals surface area contributed by atoms with Crippen molar-refractivity contribution in [2.75, 3.05) is 19.6 Å². The van der Waals surface area contributed by atoms with Crippen LogP contribution in [0.3, 0.4) is 0 Å². The van der Waals surface area contributed by atoms with Gasteiger partial charge in [-0.3, -0.25) is 4.90 Å². The number of nitrogens with zero attached hydrogens (tertiary/aromatic N) is 2. The van der Waals surface area contributed by atoms with Gasteiger partial charge in [0.1, 0.15) is 18.3 Å². The van der Waals surface area contributed by atoms with Crippen LogP contribution in [0.1, 0.15) is 44.1 Å². The maximum atomic E-state index is 12.8. The second-order valence-electron chi connectivity index (χ2n) is 8.64. The number of halogens is 2. The monoisotopic (exact) mass is 530 g/mol. The zero-order valence-electron chi connectivity index (χ0n) is 19.1. The number of piperazine rings is 1. The predicted octanol–water partition coefficient (Wildman–Crippen LogP) is 5.20. The van der Waals surface area contributed by atoms with Crippen LogP contribution in [0.5, 0.6) is 0 Å². The van der Waals surface area contributed by atoms with Crippen molar-refractivity contribution >= 4 is 46.2 Å². The van der Waals surface area contributed by atoms with Gasteiger partial charge in [0.25, 0.3) is 0 Å². The summed E-state index contributed by atoms with van der Waals surface area (Å²) in [5, 5.41) is 9.88. The van der Waals surface area contributed by atoms with Gasteiger partial charge in [-0.2, -0.15) is 0 Å². The molecule has 1 aromatic rings. The quantitative estimate of drug-likeness (QED) is 0.406. The van der Waals surface area contributed by atoms with Crippen LogP contribution < -0.4 is 0 Å². The summed E-state index contributed by atoms with van der Waals surface area (Å²) in [7, 11) is 0. The number of ether oxygens (including phenoxy) is 3. The third-order valence-corrected chi connectivity index (χ3v) is 6.66. The molecule has 2 fully saturated rings. The van der Waals surface area contributed by atoms with Gasteiger partial charge in [0.2, 0.25) is 0 Å². The third-order valence-electron chi connectivity index (χ3n) is 6.49. The molecule has 12 heteroatoms. The molecule has 0 unspecified atom stereocenters. The first-order valence-corrected chi connectivity index (χ1v) is 12.2. The van der Waals surface area contributed by atoms with Crippen molar-refractivity contribution in [2.24, 2.45) is 0 Å². The molecule has 1 aromatic carbocycles. The summed E-state index contributed by atoms with van der Waals surface area (Å²) in [6, 6.07) is 8.33. The van der Waals surface area contributed by atoms with Crippen molar-refractivity contribution in [3.05, 3.63) is 35.9 Å². The average molecular weight is 531 g/mol. The normalized spacial score (nSPS) is 25.1. The zero-order chi connectivity index (χ0) is 25.4. The van der Waals surface area contributed by atoms with Gasteiger partial charge in [0.15, 0.2) is 0 Å². The number of amides is 2. The third kappa shape index (κ3) is 7.38. The van der Waals surface area contributed by atoms with Gasteiger partial charge < -0.3 is 24.2 Å². The van der Waals surface area contributed by atoms with E-state index in [4.69, 9.17) is 37.4 Å². The molecule has 35 heavy (non-hydrogen) atoms. The molecule has 10 nitrogen and oxygen atoms in total. The standard InChI is InChI=1S/C23H28Cl2N2O8/c24-19(28)34-17-8-4-10-23(11-5-9-17,35-20(25)29)18-14-26(12-13-27(18)21(30)31)22(32)33-15-16-6-2-1-3-7-16/h1-3,6-7,17-18H,4-5,8-15H2,(H,30,31)/t17?,18-,23?/m1/s1. The van der Waals surface area contributed by atoms with Gasteiger partial charge in [-0.1, -0.05) is 30.3 Å². The maximum Gasteiger partial charge on any atom is 0.410 e. The van der Waals surface area contributed by atoms with Crippen LogP contribution in [0.25, 0.3) is 0 Å². The molecule has 0 radical (unpaired) electrons. The Morgan fingerprint density at radius 1 is 1.00 bits per heavy atom. The van der Waals surface area contributed by atoms with Crippen molar-refractivity contribution < 1.29 is 38.5 Å². The van der Waals surface area contributed by atoms with E-state index < -0.39 is 34.7 Å². The second kappa shape index (κ2) is 12.3. The highest BCUT2D eigenvalue weighted by molar-refractivity contribution is 6.61. The van der Waals surface area contributed by atoms with E-state index in [1.54, 1.807) is 0 Å². The van der Waals surface area contributed by atoms with Gasteiger partial charge in [-0.15, -0.1) is 0 Å². The largest absolute Gasteiger partial charge is 0.465 e. The van der Waals surface area contributed by atoms with E-state index in [0.29, 0.717) is 25.7 Å². The molecule has 1 atom stereocenters. The lowest BCUT2D eigenvalue weighted by Gasteiger charge is -2.49. The van der Waals surface area contributed by atoms with Crippen molar-refractivity contribution in [3.8, 4) is 0 Å². The molecule has 3 rings (SSSR count). The van der Waals surface area contributed by atoms with Crippen LogP contribution in [0.2, 0.25) is 0 Å². The summed E-state index contributed by atoms with van der Waals surface area (Å²) < 4.78 is 16.2. The number of carbonyl (C=O) groups is 4. The van der Waals surface area contributed by atoms with E-state index in [0.717, 1.165) is 5.56 Å². The van der Waals surface area contributed by atoms with Crippen LogP contribution in [-0.4, -0.2) is 75.3 Å². The van der Waals surface area contributed by atoms with Gasteiger partial charge in [-0.05, 0) is 44.1 Å². The summed E-state index contributed by atoms with van der Waals surface area (Å²) >= 11 is 11.0. The number of benzene rings is 1. The molecule has 0 aromatic heterocycles. The molecular formula is C23H28Cl2N2O8. The fourth-order valence-corrected chi connectivity index (χ4v) is 5.16. The Morgan fingerprint density at radius 2 is 1.66 bits per heavy atom. The van der Waals surface area contributed by atoms with Gasteiger partial charge in [-0.25, -0.2) is 19.2 Å². The summed E-state index contributed by atoms with van der Waals surface area (Å²) in [4.78, 5) is 50.6. The first kappa shape index (κ1) is 26.9. The molecule has 1 aliphatic heterocycles. The summed E-state index contributed by atoms with van der Waals surface area (Å²) in [6.07, 6.45) is 0.223. The Labute approximate surface area is 213 Å². The Kier molecular flexibility index (Phi) is 9.45. The maximum absolute atomic E-state index is 12.8. The minimum atomic E-state index is -1.26. The van der Waals surface area contributed by atoms with Crippen LogP contribution in [-0.2, 0) is 20.8 Å². The lowest BCUT2D eigenvalue weighted by molar-refractivity contribution is -0.0845. The summed E-state index contributed by atoms with van der Waals surface area (Å²) in [5.41, 5.74) is -2.38. The first-order chi connectivity index (χ1) is 16.7. The van der Waals surface area contributed by atoms with Crippen molar-refractivity contribution in [1.29, 1.82) is 0 Å². The highest BCUT2D eigenvalue weighted by Crippen LogP contribution is 2.38. The molecule has 192 valence electrons. The number of carbonyl (C=O) groups excluding carboxylic acids is 3. The molecule has 1 heterocycles. The van der Waals surface area contributed by atoms with Crippen molar-refractivity contribution in [1.82, 2.24) is 9.80 Å². The summed E-state index contributed by atoms with van der Waals surface area (Å²) in [6.45, 7) is 0.208. The Bertz CT molecular complexity index is 906. The molecule has 1 N–H and O–H groups in total. The van der Waals surface area contributed by atoms with Crippen molar-refractivity contribution in [2.45, 2.75) is 62.9 Å². The highest BCUT2D eigenvalue weighted by Gasteiger charge is 2.50. The predicted molar refractivity (Wildman–Crippen MR) is 126 cm³/mol. The van der Waals surface area contributed by atoms with E-state index >= 15 is 0 Å². The van der Waals surface area contributed by atoms with Crippen molar-refractivity contribution in [3.63, 3.8) is 0 Å². The molecule has 1 saturated heterocycles. The molecule has 2 amide bonds. The number of hydrogen-bond donors (Lipinski definition) is 1. The molecular weight excluding hydrogens is 503 g/mol. The molecule has 2 aliphatic rings. The average Bonchev–Trinajstić information content (AvgIpc) is 2.80. The Balaban J connectivity index is 1.77. The summed E-state index contributed by atoms with van der Waals surface area (Å²) in [5.74, 6) is 0. The Morgan fingerprint density at radius 3 is 2.23 bits per heavy atom. The van der Waals surface area contributed by atoms with Gasteiger partial charge in [0.05, 0.1) is 6.04 Å². The number of rotatable bonds is 5. The molecule has 0 bridgehead atoms. The van der Waals surface area contributed by atoms with E-state index in [-0.39, 0.29) is 45.2 Å². The van der Waals surface area contributed by atoms with E-state index in [1.807, 2.05) is 30.3 Å². The molecule has 1 aliphatic carbocycles. The zero-order valence-corrected chi connectivity index (χ0v) is 20.6. The smallest absolute Gasteiger partial charge is 0.410 e. The minimum absolute atomic E-state index is 0.0223. The van der Waals surface area contributed by atoms with E-state index in [9.17, 15) is 24.3 Å². The lowest BCUT2D eigenvalue weighted by Crippen LogP contribution is -2.66. The van der Waals surface area contributed by atoms with Crippen LogP contribution in [0.15, 0.2) is 30.3 Å². The SMILES string of the molecule is O=C(Cl)OC1CCCC(OC(=O)Cl)([C@H]2CN(C(=O)OCc3ccccc3)CCN2C(=O)O)CCC1. The van der Waals surface area contributed by atoms with Gasteiger partial charge >= 0.3 is 23.0 Å². The fraction of sp³-hybridized carbons (Fsp3) is 0.565. The second-order valence-corrected chi connectivity index (χ2v) is 9.26. The van der Waals surface area contributed by atoms with Crippen LogP contribution >= 0.6 is 23.2 Å². The van der Waals surface area contributed by atoms with E-state index in [2.05, 4.69) is 0 Å². The number of hydrogen-bond acceptors (Lipinski definition) is 7. The van der Waals surface area contributed by atoms with Gasteiger partial charge in [0, 0.05) is 42.8 Å². The van der Waals surface area contributed by atoms with Crippen LogP contribution in [0.4, 0.5) is 19.2 Å². The lowest BCUT2D eigenvalue weighted by atomic mass is 9.79.